The standard InChI is InChI=1S/C17H18F2N6/c18-16(19)25-14-5-2-1-4-13(14)22-15(25)12-23-8-10-24(11-9-23)17-20-6-3-7-21-17/h1-7,16H,8-12H2. The van der Waals surface area contributed by atoms with Crippen LogP contribution in [0, 0.1) is 0 Å². The highest BCUT2D eigenvalue weighted by Crippen LogP contribution is 2.24. The molecule has 0 N–H and O–H groups in total. The van der Waals surface area contributed by atoms with Gasteiger partial charge in [-0.25, -0.2) is 15.0 Å². The summed E-state index contributed by atoms with van der Waals surface area (Å²) in [5, 5.41) is 0. The van der Waals surface area contributed by atoms with Crippen molar-refractivity contribution in [3.8, 4) is 0 Å². The minimum absolute atomic E-state index is 0.403. The van der Waals surface area contributed by atoms with Crippen LogP contribution in [0.5, 0.6) is 0 Å². The Kier molecular flexibility index (Phi) is 4.27. The highest BCUT2D eigenvalue weighted by molar-refractivity contribution is 5.75. The zero-order valence-electron chi connectivity index (χ0n) is 13.6. The van der Waals surface area contributed by atoms with Crippen molar-refractivity contribution in [2.45, 2.75) is 13.1 Å². The lowest BCUT2D eigenvalue weighted by Crippen LogP contribution is -2.46. The van der Waals surface area contributed by atoms with Gasteiger partial charge in [0.1, 0.15) is 5.82 Å². The van der Waals surface area contributed by atoms with Gasteiger partial charge < -0.3 is 4.90 Å². The first kappa shape index (κ1) is 15.9. The van der Waals surface area contributed by atoms with Gasteiger partial charge in [-0.05, 0) is 18.2 Å². The van der Waals surface area contributed by atoms with E-state index in [9.17, 15) is 8.78 Å². The first-order valence-corrected chi connectivity index (χ1v) is 8.20. The fraction of sp³-hybridized carbons (Fsp3) is 0.353. The number of fused-ring (bicyclic) bond motifs is 1. The SMILES string of the molecule is FC(F)n1c(CN2CCN(c3ncccn3)CC2)nc2ccccc21. The monoisotopic (exact) mass is 344 g/mol. The van der Waals surface area contributed by atoms with E-state index in [-0.39, 0.29) is 0 Å². The van der Waals surface area contributed by atoms with E-state index in [1.807, 2.05) is 6.07 Å². The lowest BCUT2D eigenvalue weighted by molar-refractivity contribution is 0.0681. The Labute approximate surface area is 143 Å². The van der Waals surface area contributed by atoms with Crippen molar-refractivity contribution in [3.05, 3.63) is 48.5 Å². The second kappa shape index (κ2) is 6.72. The van der Waals surface area contributed by atoms with Crippen molar-refractivity contribution in [2.75, 3.05) is 31.1 Å². The third kappa shape index (κ3) is 3.17. The second-order valence-corrected chi connectivity index (χ2v) is 5.98. The smallest absolute Gasteiger partial charge is 0.320 e. The molecule has 1 aliphatic rings. The first-order valence-electron chi connectivity index (χ1n) is 8.20. The number of anilines is 1. The van der Waals surface area contributed by atoms with Crippen LogP contribution in [0.4, 0.5) is 14.7 Å². The molecule has 8 heteroatoms. The maximum atomic E-state index is 13.5. The maximum absolute atomic E-state index is 13.5. The van der Waals surface area contributed by atoms with E-state index in [1.54, 1.807) is 36.7 Å². The Balaban J connectivity index is 1.49. The molecule has 1 aromatic carbocycles. The Morgan fingerprint density at radius 2 is 1.68 bits per heavy atom. The second-order valence-electron chi connectivity index (χ2n) is 5.98. The van der Waals surface area contributed by atoms with Gasteiger partial charge in [0.15, 0.2) is 0 Å². The van der Waals surface area contributed by atoms with Crippen molar-refractivity contribution in [1.29, 1.82) is 0 Å². The van der Waals surface area contributed by atoms with Crippen molar-refractivity contribution in [3.63, 3.8) is 0 Å². The number of imidazole rings is 1. The number of hydrogen-bond acceptors (Lipinski definition) is 5. The molecule has 0 radical (unpaired) electrons. The van der Waals surface area contributed by atoms with Gasteiger partial charge in [0.05, 0.1) is 17.6 Å². The van der Waals surface area contributed by atoms with Gasteiger partial charge in [-0.3, -0.25) is 9.47 Å². The highest BCUT2D eigenvalue weighted by Gasteiger charge is 2.23. The number of aromatic nitrogens is 4. The lowest BCUT2D eigenvalue weighted by Gasteiger charge is -2.34. The molecule has 0 unspecified atom stereocenters. The van der Waals surface area contributed by atoms with Crippen LogP contribution >= 0.6 is 0 Å². The van der Waals surface area contributed by atoms with E-state index in [4.69, 9.17) is 0 Å². The molecule has 6 nitrogen and oxygen atoms in total. The average Bonchev–Trinajstić information content (AvgIpc) is 3.01. The quantitative estimate of drug-likeness (QED) is 0.728. The summed E-state index contributed by atoms with van der Waals surface area (Å²) in [5.41, 5.74) is 1.08. The average molecular weight is 344 g/mol. The van der Waals surface area contributed by atoms with E-state index in [0.29, 0.717) is 29.4 Å². The van der Waals surface area contributed by atoms with Crippen LogP contribution in [-0.2, 0) is 6.54 Å². The molecule has 4 rings (SSSR count). The molecule has 130 valence electrons. The molecule has 0 amide bonds. The molecule has 0 bridgehead atoms. The highest BCUT2D eigenvalue weighted by atomic mass is 19.3. The van der Waals surface area contributed by atoms with E-state index in [0.717, 1.165) is 30.7 Å². The summed E-state index contributed by atoms with van der Waals surface area (Å²) < 4.78 is 28.0. The Morgan fingerprint density at radius 1 is 0.960 bits per heavy atom. The van der Waals surface area contributed by atoms with E-state index >= 15 is 0 Å². The number of halogens is 2. The molecule has 0 atom stereocenters. The number of rotatable bonds is 4. The van der Waals surface area contributed by atoms with Crippen LogP contribution in [-0.4, -0.2) is 50.6 Å². The Hall–Kier alpha value is -2.61. The fourth-order valence-corrected chi connectivity index (χ4v) is 3.18. The number of alkyl halides is 2. The minimum atomic E-state index is -2.60. The van der Waals surface area contributed by atoms with Gasteiger partial charge in [-0.2, -0.15) is 8.78 Å². The Bertz CT molecular complexity index is 843. The summed E-state index contributed by atoms with van der Waals surface area (Å²) >= 11 is 0. The summed E-state index contributed by atoms with van der Waals surface area (Å²) in [6.07, 6.45) is 3.44. The van der Waals surface area contributed by atoms with Crippen molar-refractivity contribution < 1.29 is 8.78 Å². The zero-order chi connectivity index (χ0) is 17.2. The van der Waals surface area contributed by atoms with Crippen LogP contribution in [0.3, 0.4) is 0 Å². The molecule has 0 aliphatic carbocycles. The van der Waals surface area contributed by atoms with Gasteiger partial charge in [0, 0.05) is 38.6 Å². The minimum Gasteiger partial charge on any atom is -0.338 e. The predicted octanol–water partition coefficient (Wildman–Crippen LogP) is 2.54. The lowest BCUT2D eigenvalue weighted by atomic mass is 10.3. The van der Waals surface area contributed by atoms with Crippen molar-refractivity contribution in [1.82, 2.24) is 24.4 Å². The van der Waals surface area contributed by atoms with E-state index in [1.165, 1.54) is 0 Å². The Morgan fingerprint density at radius 3 is 2.40 bits per heavy atom. The first-order chi connectivity index (χ1) is 12.2. The molecule has 1 aliphatic heterocycles. The third-order valence-electron chi connectivity index (χ3n) is 4.44. The van der Waals surface area contributed by atoms with Crippen LogP contribution in [0.15, 0.2) is 42.7 Å². The molecule has 1 saturated heterocycles. The van der Waals surface area contributed by atoms with Gasteiger partial charge in [-0.15, -0.1) is 0 Å². The molecule has 3 aromatic rings. The van der Waals surface area contributed by atoms with Gasteiger partial charge in [-0.1, -0.05) is 12.1 Å². The molecule has 0 saturated carbocycles. The predicted molar refractivity (Wildman–Crippen MR) is 90.5 cm³/mol. The van der Waals surface area contributed by atoms with Crippen LogP contribution in [0.1, 0.15) is 12.4 Å². The third-order valence-corrected chi connectivity index (χ3v) is 4.44. The molecular weight excluding hydrogens is 326 g/mol. The van der Waals surface area contributed by atoms with E-state index in [2.05, 4.69) is 24.8 Å². The molecule has 1 fully saturated rings. The summed E-state index contributed by atoms with van der Waals surface area (Å²) in [6.45, 7) is 0.844. The summed E-state index contributed by atoms with van der Waals surface area (Å²) in [4.78, 5) is 17.2. The zero-order valence-corrected chi connectivity index (χ0v) is 13.6. The van der Waals surface area contributed by atoms with E-state index < -0.39 is 6.55 Å². The van der Waals surface area contributed by atoms with Crippen LogP contribution in [0.2, 0.25) is 0 Å². The number of piperazine rings is 1. The number of nitrogens with zero attached hydrogens (tertiary/aromatic N) is 6. The van der Waals surface area contributed by atoms with Crippen LogP contribution in [0.25, 0.3) is 11.0 Å². The summed E-state index contributed by atoms with van der Waals surface area (Å²) in [5.74, 6) is 1.11. The largest absolute Gasteiger partial charge is 0.338 e. The summed E-state index contributed by atoms with van der Waals surface area (Å²) in [6, 6.07) is 8.80. The molecule has 2 aromatic heterocycles. The molecule has 3 heterocycles. The fourth-order valence-electron chi connectivity index (χ4n) is 3.18. The van der Waals surface area contributed by atoms with Crippen molar-refractivity contribution >= 4 is 17.0 Å². The molecule has 0 spiro atoms. The van der Waals surface area contributed by atoms with Gasteiger partial charge in [0.2, 0.25) is 5.95 Å². The van der Waals surface area contributed by atoms with Crippen molar-refractivity contribution in [2.24, 2.45) is 0 Å². The maximum Gasteiger partial charge on any atom is 0.320 e. The normalized spacial score (nSPS) is 16.0. The molecular formula is C17H18F2N6. The van der Waals surface area contributed by atoms with Gasteiger partial charge >= 0.3 is 6.55 Å². The number of para-hydroxylation sites is 2. The topological polar surface area (TPSA) is 50.1 Å². The number of hydrogen-bond donors (Lipinski definition) is 0. The number of benzene rings is 1. The van der Waals surface area contributed by atoms with Crippen LogP contribution < -0.4 is 4.90 Å². The van der Waals surface area contributed by atoms with Gasteiger partial charge in [0.25, 0.3) is 0 Å². The summed E-state index contributed by atoms with van der Waals surface area (Å²) in [7, 11) is 0. The molecule has 25 heavy (non-hydrogen) atoms.